The van der Waals surface area contributed by atoms with Crippen molar-refractivity contribution in [3.63, 3.8) is 0 Å². The molecule has 9 nitrogen and oxygen atoms in total. The number of carbonyl (C=O) groups is 4. The first-order valence-corrected chi connectivity index (χ1v) is 13.2. The van der Waals surface area contributed by atoms with Crippen LogP contribution in [0.4, 0.5) is 0 Å². The van der Waals surface area contributed by atoms with E-state index in [-0.39, 0.29) is 36.8 Å². The van der Waals surface area contributed by atoms with Gasteiger partial charge in [-0.1, -0.05) is 42.6 Å². The number of allylic oxidation sites excluding steroid dienone is 2. The van der Waals surface area contributed by atoms with Crippen LogP contribution in [0.25, 0.3) is 0 Å². The number of carbonyl (C=O) groups excluding carboxylic acids is 4. The molecule has 1 aromatic rings. The minimum absolute atomic E-state index is 0.0633. The molecule has 0 saturated carbocycles. The SMILES string of the molecule is CCC[C@H](CNC(=O)COC(=O)C1C(C(=O)OCC)=C(C)NC(C)=C1C(=O)OCC)c1ccc(Cl)cc1Cl. The van der Waals surface area contributed by atoms with Gasteiger partial charge in [0.2, 0.25) is 0 Å². The quantitative estimate of drug-likeness (QED) is 0.280. The smallest absolute Gasteiger partial charge is 0.337 e. The lowest BCUT2D eigenvalue weighted by Crippen LogP contribution is -2.39. The lowest BCUT2D eigenvalue weighted by molar-refractivity contribution is -0.154. The van der Waals surface area contributed by atoms with Gasteiger partial charge in [0, 0.05) is 33.9 Å². The summed E-state index contributed by atoms with van der Waals surface area (Å²) < 4.78 is 15.5. The molecule has 11 heteroatoms. The van der Waals surface area contributed by atoms with Gasteiger partial charge in [0.15, 0.2) is 6.61 Å². The van der Waals surface area contributed by atoms with Gasteiger partial charge >= 0.3 is 17.9 Å². The second-order valence-electron chi connectivity index (χ2n) is 8.64. The van der Waals surface area contributed by atoms with Crippen LogP contribution < -0.4 is 10.6 Å². The van der Waals surface area contributed by atoms with Crippen LogP contribution in [0.1, 0.15) is 58.9 Å². The molecule has 38 heavy (non-hydrogen) atoms. The summed E-state index contributed by atoms with van der Waals surface area (Å²) in [5, 5.41) is 6.71. The second kappa shape index (κ2) is 14.8. The Morgan fingerprint density at radius 3 is 2.03 bits per heavy atom. The van der Waals surface area contributed by atoms with Crippen molar-refractivity contribution in [3.05, 3.63) is 56.3 Å². The van der Waals surface area contributed by atoms with E-state index in [0.717, 1.165) is 18.4 Å². The number of halogens is 2. The molecule has 1 aliphatic rings. The van der Waals surface area contributed by atoms with Gasteiger partial charge in [-0.2, -0.15) is 0 Å². The van der Waals surface area contributed by atoms with Gasteiger partial charge in [-0.25, -0.2) is 9.59 Å². The molecular formula is C27H34Cl2N2O7. The van der Waals surface area contributed by atoms with Crippen molar-refractivity contribution >= 4 is 47.0 Å². The molecule has 2 N–H and O–H groups in total. The van der Waals surface area contributed by atoms with E-state index in [2.05, 4.69) is 10.6 Å². The molecule has 1 heterocycles. The number of dihydropyridines is 1. The van der Waals surface area contributed by atoms with Gasteiger partial charge in [-0.15, -0.1) is 0 Å². The Morgan fingerprint density at radius 1 is 0.947 bits per heavy atom. The van der Waals surface area contributed by atoms with Crippen molar-refractivity contribution in [3.8, 4) is 0 Å². The van der Waals surface area contributed by atoms with Gasteiger partial charge < -0.3 is 24.8 Å². The Labute approximate surface area is 232 Å². The highest BCUT2D eigenvalue weighted by atomic mass is 35.5. The third-order valence-corrected chi connectivity index (χ3v) is 6.48. The summed E-state index contributed by atoms with van der Waals surface area (Å²) in [5.74, 6) is -4.54. The standard InChI is InChI=1S/C27H34Cl2N2O7/c1-6-9-17(19-11-10-18(28)12-20(19)29)13-30-21(32)14-38-27(35)24-22(25(33)36-7-2)15(4)31-16(5)23(24)26(34)37-8-3/h10-12,17,24,31H,6-9,13-14H2,1-5H3,(H,30,32)/t17-/m1/s1. The number of esters is 3. The molecule has 1 aliphatic heterocycles. The zero-order valence-electron chi connectivity index (χ0n) is 22.2. The van der Waals surface area contributed by atoms with Crippen molar-refractivity contribution in [2.45, 2.75) is 53.4 Å². The third-order valence-electron chi connectivity index (χ3n) is 5.92. The Kier molecular flexibility index (Phi) is 12.1. The van der Waals surface area contributed by atoms with Gasteiger partial charge in [-0.3, -0.25) is 9.59 Å². The molecule has 0 spiro atoms. The summed E-state index contributed by atoms with van der Waals surface area (Å²) in [5.41, 5.74) is 1.37. The average Bonchev–Trinajstić information content (AvgIpc) is 2.85. The average molecular weight is 569 g/mol. The maximum atomic E-state index is 13.2. The highest BCUT2D eigenvalue weighted by Gasteiger charge is 2.42. The zero-order valence-corrected chi connectivity index (χ0v) is 23.8. The monoisotopic (exact) mass is 568 g/mol. The molecule has 0 aromatic heterocycles. The molecule has 0 fully saturated rings. The number of hydrogen-bond donors (Lipinski definition) is 2. The minimum Gasteiger partial charge on any atom is -0.463 e. The Bertz CT molecular complexity index is 1090. The first-order chi connectivity index (χ1) is 18.0. The molecule has 2 rings (SSSR count). The van der Waals surface area contributed by atoms with Gasteiger partial charge in [0.25, 0.3) is 5.91 Å². The van der Waals surface area contributed by atoms with Gasteiger partial charge in [0.1, 0.15) is 5.92 Å². The van der Waals surface area contributed by atoms with E-state index in [1.165, 1.54) is 0 Å². The second-order valence-corrected chi connectivity index (χ2v) is 9.48. The van der Waals surface area contributed by atoms with Gasteiger partial charge in [-0.05, 0) is 51.8 Å². The predicted molar refractivity (Wildman–Crippen MR) is 143 cm³/mol. The maximum absolute atomic E-state index is 13.2. The maximum Gasteiger partial charge on any atom is 0.337 e. The summed E-state index contributed by atoms with van der Waals surface area (Å²) in [6.45, 7) is 8.21. The van der Waals surface area contributed by atoms with Crippen molar-refractivity contribution in [1.29, 1.82) is 0 Å². The molecule has 0 bridgehead atoms. The van der Waals surface area contributed by atoms with E-state index in [1.54, 1.807) is 39.8 Å². The van der Waals surface area contributed by atoms with E-state index >= 15 is 0 Å². The fourth-order valence-corrected chi connectivity index (χ4v) is 4.81. The largest absolute Gasteiger partial charge is 0.463 e. The van der Waals surface area contributed by atoms with Crippen LogP contribution >= 0.6 is 23.2 Å². The summed E-state index contributed by atoms with van der Waals surface area (Å²) in [4.78, 5) is 51.3. The molecular weight excluding hydrogens is 535 g/mol. The van der Waals surface area contributed by atoms with E-state index in [1.807, 2.05) is 13.0 Å². The molecule has 0 aliphatic carbocycles. The normalized spacial score (nSPS) is 14.5. The third kappa shape index (κ3) is 7.98. The van der Waals surface area contributed by atoms with Crippen LogP contribution in [0.5, 0.6) is 0 Å². The molecule has 0 saturated heterocycles. The Morgan fingerprint density at radius 2 is 1.53 bits per heavy atom. The number of nitrogens with one attached hydrogen (secondary N) is 2. The van der Waals surface area contributed by atoms with E-state index < -0.39 is 36.3 Å². The molecule has 1 amide bonds. The summed E-state index contributed by atoms with van der Waals surface area (Å²) in [6, 6.07) is 5.21. The predicted octanol–water partition coefficient (Wildman–Crippen LogP) is 4.43. The number of amides is 1. The van der Waals surface area contributed by atoms with Crippen LogP contribution in [0, 0.1) is 5.92 Å². The van der Waals surface area contributed by atoms with E-state index in [0.29, 0.717) is 21.4 Å². The van der Waals surface area contributed by atoms with E-state index in [9.17, 15) is 19.2 Å². The number of rotatable bonds is 12. The molecule has 208 valence electrons. The molecule has 0 unspecified atom stereocenters. The fraction of sp³-hybridized carbons (Fsp3) is 0.481. The van der Waals surface area contributed by atoms with Crippen LogP contribution in [0.15, 0.2) is 40.7 Å². The number of hydrogen-bond acceptors (Lipinski definition) is 8. The first kappa shape index (κ1) is 31.2. The van der Waals surface area contributed by atoms with Crippen LogP contribution in [-0.2, 0) is 33.4 Å². The van der Waals surface area contributed by atoms with Crippen molar-refractivity contribution in [1.82, 2.24) is 10.6 Å². The van der Waals surface area contributed by atoms with Gasteiger partial charge in [0.05, 0.1) is 24.4 Å². The summed E-state index contributed by atoms with van der Waals surface area (Å²) in [7, 11) is 0. The van der Waals surface area contributed by atoms with Crippen LogP contribution in [0.3, 0.4) is 0 Å². The van der Waals surface area contributed by atoms with Crippen LogP contribution in [-0.4, -0.2) is 50.2 Å². The van der Waals surface area contributed by atoms with Crippen molar-refractivity contribution in [2.24, 2.45) is 5.92 Å². The highest BCUT2D eigenvalue weighted by Crippen LogP contribution is 2.33. The van der Waals surface area contributed by atoms with Crippen molar-refractivity contribution in [2.75, 3.05) is 26.4 Å². The lowest BCUT2D eigenvalue weighted by Gasteiger charge is -2.28. The first-order valence-electron chi connectivity index (χ1n) is 12.5. The molecule has 1 atom stereocenters. The van der Waals surface area contributed by atoms with Crippen molar-refractivity contribution < 1.29 is 33.4 Å². The molecule has 0 radical (unpaired) electrons. The fourth-order valence-electron chi connectivity index (χ4n) is 4.25. The zero-order chi connectivity index (χ0) is 28.4. The molecule has 1 aromatic carbocycles. The summed E-state index contributed by atoms with van der Waals surface area (Å²) in [6.07, 6.45) is 1.62. The minimum atomic E-state index is -1.41. The number of benzene rings is 1. The van der Waals surface area contributed by atoms with E-state index in [4.69, 9.17) is 37.4 Å². The lowest BCUT2D eigenvalue weighted by atomic mass is 9.85. The summed E-state index contributed by atoms with van der Waals surface area (Å²) >= 11 is 12.4. The topological polar surface area (TPSA) is 120 Å². The highest BCUT2D eigenvalue weighted by molar-refractivity contribution is 6.35. The number of ether oxygens (including phenoxy) is 3. The Balaban J connectivity index is 2.17. The van der Waals surface area contributed by atoms with Crippen LogP contribution in [0.2, 0.25) is 10.0 Å². The Hall–Kier alpha value is -3.04.